The van der Waals surface area contributed by atoms with Gasteiger partial charge in [0.2, 0.25) is 0 Å². The van der Waals surface area contributed by atoms with Gasteiger partial charge in [0.05, 0.1) is 20.3 Å². The Balaban J connectivity index is 2.56. The molecule has 0 aromatic heterocycles. The molecule has 1 atom stereocenters. The van der Waals surface area contributed by atoms with E-state index in [-0.39, 0.29) is 0 Å². The van der Waals surface area contributed by atoms with Crippen molar-refractivity contribution >= 4 is 0 Å². The van der Waals surface area contributed by atoms with Gasteiger partial charge in [-0.05, 0) is 26.2 Å². The average Bonchev–Trinajstić information content (AvgIpc) is 2.36. The number of ether oxygens (including phenoxy) is 2. The number of methoxy groups -OCH3 is 2. The molecule has 0 saturated heterocycles. The highest BCUT2D eigenvalue weighted by molar-refractivity contribution is 5.51. The lowest BCUT2D eigenvalue weighted by atomic mass is 9.94. The first-order chi connectivity index (χ1) is 8.19. The fourth-order valence-electron chi connectivity index (χ4n) is 2.42. The Kier molecular flexibility index (Phi) is 3.54. The molecule has 94 valence electrons. The maximum absolute atomic E-state index is 5.48. The van der Waals surface area contributed by atoms with Crippen molar-refractivity contribution in [3.63, 3.8) is 0 Å². The fraction of sp³-hybridized carbons (Fsp3) is 0.538. The first-order valence-corrected chi connectivity index (χ1v) is 5.80. The zero-order valence-electron chi connectivity index (χ0n) is 10.9. The largest absolute Gasteiger partial charge is 0.496 e. The highest BCUT2D eigenvalue weighted by Crippen LogP contribution is 2.38. The van der Waals surface area contributed by atoms with E-state index in [1.165, 1.54) is 11.1 Å². The highest BCUT2D eigenvalue weighted by Gasteiger charge is 2.27. The van der Waals surface area contributed by atoms with Crippen molar-refractivity contribution in [2.45, 2.75) is 12.6 Å². The lowest BCUT2D eigenvalue weighted by Crippen LogP contribution is -2.36. The van der Waals surface area contributed by atoms with Crippen LogP contribution in [0.3, 0.4) is 0 Å². The summed E-state index contributed by atoms with van der Waals surface area (Å²) in [7, 11) is 7.60. The first-order valence-electron chi connectivity index (χ1n) is 5.80. The standard InChI is InChI=1S/C13H20N2O2/c1-15(2)10-8-14-7-9-11(16-3)5-6-12(17-4)13(9)10/h5-6,10,14H,7-8H2,1-4H3/t10-/m1/s1. The molecule has 0 fully saturated rings. The molecule has 0 aliphatic carbocycles. The van der Waals surface area contributed by atoms with Gasteiger partial charge in [0, 0.05) is 24.2 Å². The molecule has 0 radical (unpaired) electrons. The number of hydrogen-bond donors (Lipinski definition) is 1. The van der Waals surface area contributed by atoms with E-state index < -0.39 is 0 Å². The molecule has 0 unspecified atom stereocenters. The Morgan fingerprint density at radius 1 is 1.18 bits per heavy atom. The van der Waals surface area contributed by atoms with Gasteiger partial charge in [-0.15, -0.1) is 0 Å². The van der Waals surface area contributed by atoms with Gasteiger partial charge in [-0.2, -0.15) is 0 Å². The van der Waals surface area contributed by atoms with E-state index in [1.807, 2.05) is 12.1 Å². The van der Waals surface area contributed by atoms with Crippen LogP contribution >= 0.6 is 0 Å². The van der Waals surface area contributed by atoms with Crippen LogP contribution < -0.4 is 14.8 Å². The van der Waals surface area contributed by atoms with Crippen LogP contribution in [-0.4, -0.2) is 39.8 Å². The van der Waals surface area contributed by atoms with Gasteiger partial charge in [-0.25, -0.2) is 0 Å². The normalized spacial score (nSPS) is 19.0. The summed E-state index contributed by atoms with van der Waals surface area (Å²) in [6, 6.07) is 4.28. The van der Waals surface area contributed by atoms with Crippen molar-refractivity contribution < 1.29 is 9.47 Å². The second-order valence-corrected chi connectivity index (χ2v) is 4.47. The number of nitrogens with zero attached hydrogens (tertiary/aromatic N) is 1. The predicted octanol–water partition coefficient (Wildman–Crippen LogP) is 1.41. The van der Waals surface area contributed by atoms with Crippen molar-refractivity contribution in [1.29, 1.82) is 0 Å². The molecule has 1 aliphatic rings. The van der Waals surface area contributed by atoms with Crippen molar-refractivity contribution in [1.82, 2.24) is 10.2 Å². The maximum Gasteiger partial charge on any atom is 0.124 e. The van der Waals surface area contributed by atoms with E-state index in [0.717, 1.165) is 24.6 Å². The highest BCUT2D eigenvalue weighted by atomic mass is 16.5. The Hall–Kier alpha value is -1.26. The van der Waals surface area contributed by atoms with Gasteiger partial charge in [0.1, 0.15) is 11.5 Å². The number of nitrogens with one attached hydrogen (secondary N) is 1. The van der Waals surface area contributed by atoms with Crippen LogP contribution in [0.2, 0.25) is 0 Å². The zero-order valence-corrected chi connectivity index (χ0v) is 10.9. The smallest absolute Gasteiger partial charge is 0.124 e. The molecule has 0 bridgehead atoms. The van der Waals surface area contributed by atoms with E-state index in [1.54, 1.807) is 14.2 Å². The first kappa shape index (κ1) is 12.2. The number of fused-ring (bicyclic) bond motifs is 1. The quantitative estimate of drug-likeness (QED) is 0.860. The number of likely N-dealkylation sites (N-methyl/N-ethyl adjacent to an activating group) is 1. The Morgan fingerprint density at radius 3 is 2.41 bits per heavy atom. The molecular formula is C13H20N2O2. The summed E-state index contributed by atoms with van der Waals surface area (Å²) in [5.74, 6) is 1.88. The molecule has 0 spiro atoms. The SMILES string of the molecule is COc1ccc(OC)c2c1CNC[C@H]2N(C)C. The minimum absolute atomic E-state index is 0.323. The Bertz CT molecular complexity index is 405. The summed E-state index contributed by atoms with van der Waals surface area (Å²) in [5.41, 5.74) is 2.45. The van der Waals surface area contributed by atoms with Gasteiger partial charge in [0.15, 0.2) is 0 Å². The minimum atomic E-state index is 0.323. The van der Waals surface area contributed by atoms with Crippen LogP contribution in [0.4, 0.5) is 0 Å². The molecule has 0 saturated carbocycles. The monoisotopic (exact) mass is 236 g/mol. The van der Waals surface area contributed by atoms with Crippen LogP contribution in [-0.2, 0) is 6.54 Å². The third-order valence-corrected chi connectivity index (χ3v) is 3.31. The molecule has 4 nitrogen and oxygen atoms in total. The molecule has 17 heavy (non-hydrogen) atoms. The summed E-state index contributed by atoms with van der Waals surface area (Å²) in [4.78, 5) is 2.20. The molecule has 1 aliphatic heterocycles. The molecule has 2 rings (SSSR count). The van der Waals surface area contributed by atoms with Gasteiger partial charge < -0.3 is 19.7 Å². The molecule has 1 N–H and O–H groups in total. The zero-order chi connectivity index (χ0) is 12.4. The molecule has 0 amide bonds. The van der Waals surface area contributed by atoms with E-state index in [2.05, 4.69) is 24.3 Å². The second kappa shape index (κ2) is 4.94. The molecule has 1 aromatic carbocycles. The second-order valence-electron chi connectivity index (χ2n) is 4.47. The number of hydrogen-bond acceptors (Lipinski definition) is 4. The van der Waals surface area contributed by atoms with E-state index in [4.69, 9.17) is 9.47 Å². The Labute approximate surface area is 103 Å². The van der Waals surface area contributed by atoms with Crippen molar-refractivity contribution in [2.24, 2.45) is 0 Å². The third kappa shape index (κ3) is 2.10. The maximum atomic E-state index is 5.48. The van der Waals surface area contributed by atoms with Crippen molar-refractivity contribution in [2.75, 3.05) is 34.9 Å². The summed E-state index contributed by atoms with van der Waals surface area (Å²) in [5, 5.41) is 3.42. The molecule has 4 heteroatoms. The van der Waals surface area contributed by atoms with Gasteiger partial charge in [-0.3, -0.25) is 0 Å². The van der Waals surface area contributed by atoms with Crippen LogP contribution in [0.1, 0.15) is 17.2 Å². The average molecular weight is 236 g/mol. The van der Waals surface area contributed by atoms with Gasteiger partial charge in [0.25, 0.3) is 0 Å². The third-order valence-electron chi connectivity index (χ3n) is 3.31. The van der Waals surface area contributed by atoms with Gasteiger partial charge in [-0.1, -0.05) is 0 Å². The summed E-state index contributed by atoms with van der Waals surface area (Å²) < 4.78 is 10.9. The molecular weight excluding hydrogens is 216 g/mol. The van der Waals surface area contributed by atoms with E-state index in [0.29, 0.717) is 6.04 Å². The van der Waals surface area contributed by atoms with Crippen molar-refractivity contribution in [3.8, 4) is 11.5 Å². The summed E-state index contributed by atoms with van der Waals surface area (Å²) in [6.45, 7) is 1.77. The fourth-order valence-corrected chi connectivity index (χ4v) is 2.42. The minimum Gasteiger partial charge on any atom is -0.496 e. The van der Waals surface area contributed by atoms with E-state index in [9.17, 15) is 0 Å². The van der Waals surface area contributed by atoms with Crippen LogP contribution in [0.25, 0.3) is 0 Å². The lowest BCUT2D eigenvalue weighted by molar-refractivity contribution is 0.263. The van der Waals surface area contributed by atoms with Gasteiger partial charge >= 0.3 is 0 Å². The van der Waals surface area contributed by atoms with Crippen LogP contribution in [0.5, 0.6) is 11.5 Å². The number of rotatable bonds is 3. The summed E-state index contributed by atoms with van der Waals surface area (Å²) in [6.07, 6.45) is 0. The van der Waals surface area contributed by atoms with Crippen LogP contribution in [0.15, 0.2) is 12.1 Å². The summed E-state index contributed by atoms with van der Waals surface area (Å²) >= 11 is 0. The lowest BCUT2D eigenvalue weighted by Gasteiger charge is -2.33. The van der Waals surface area contributed by atoms with E-state index >= 15 is 0 Å². The predicted molar refractivity (Wildman–Crippen MR) is 67.7 cm³/mol. The van der Waals surface area contributed by atoms with Crippen LogP contribution in [0, 0.1) is 0 Å². The molecule has 1 heterocycles. The van der Waals surface area contributed by atoms with Crippen molar-refractivity contribution in [3.05, 3.63) is 23.3 Å². The topological polar surface area (TPSA) is 33.7 Å². The molecule has 1 aromatic rings. The number of benzene rings is 1. The Morgan fingerprint density at radius 2 is 1.82 bits per heavy atom.